The van der Waals surface area contributed by atoms with Gasteiger partial charge in [-0.3, -0.25) is 9.59 Å². The van der Waals surface area contributed by atoms with Gasteiger partial charge in [0.1, 0.15) is 6.04 Å². The van der Waals surface area contributed by atoms with Crippen LogP contribution in [0.4, 0.5) is 5.69 Å². The first-order valence-electron chi connectivity index (χ1n) is 7.52. The van der Waals surface area contributed by atoms with Crippen LogP contribution in [0, 0.1) is 0 Å². The Morgan fingerprint density at radius 1 is 1.29 bits per heavy atom. The molecule has 0 aliphatic carbocycles. The smallest absolute Gasteiger partial charge is 0.254 e. The SMILES string of the molecule is CCN(CC)c1ccc(C(=O)N2CCNC(=O)C2C)cc1. The number of benzene rings is 1. The van der Waals surface area contributed by atoms with Crippen LogP contribution in [0.2, 0.25) is 0 Å². The Hall–Kier alpha value is -2.04. The Balaban J connectivity index is 2.14. The number of rotatable bonds is 4. The molecular formula is C16H23N3O2. The maximum Gasteiger partial charge on any atom is 0.254 e. The van der Waals surface area contributed by atoms with E-state index in [0.29, 0.717) is 18.7 Å². The second kappa shape index (κ2) is 6.61. The van der Waals surface area contributed by atoms with E-state index in [1.807, 2.05) is 24.3 Å². The van der Waals surface area contributed by atoms with Crippen molar-refractivity contribution >= 4 is 17.5 Å². The highest BCUT2D eigenvalue weighted by Gasteiger charge is 2.29. The van der Waals surface area contributed by atoms with Crippen molar-refractivity contribution < 1.29 is 9.59 Å². The topological polar surface area (TPSA) is 52.7 Å². The molecule has 2 rings (SSSR count). The summed E-state index contributed by atoms with van der Waals surface area (Å²) in [6.45, 7) is 8.93. The summed E-state index contributed by atoms with van der Waals surface area (Å²) in [6.07, 6.45) is 0. The monoisotopic (exact) mass is 289 g/mol. The summed E-state index contributed by atoms with van der Waals surface area (Å²) in [7, 11) is 0. The van der Waals surface area contributed by atoms with E-state index in [-0.39, 0.29) is 11.8 Å². The van der Waals surface area contributed by atoms with E-state index < -0.39 is 6.04 Å². The van der Waals surface area contributed by atoms with Crippen LogP contribution in [-0.2, 0) is 4.79 Å². The molecule has 1 atom stereocenters. The number of nitrogens with one attached hydrogen (secondary N) is 1. The summed E-state index contributed by atoms with van der Waals surface area (Å²) in [5, 5.41) is 2.77. The molecule has 0 spiro atoms. The quantitative estimate of drug-likeness (QED) is 0.914. The molecule has 0 radical (unpaired) electrons. The standard InChI is InChI=1S/C16H23N3O2/c1-4-18(5-2)14-8-6-13(7-9-14)16(21)19-11-10-17-15(20)12(19)3/h6-9,12H,4-5,10-11H2,1-3H3,(H,17,20). The molecule has 1 aromatic carbocycles. The lowest BCUT2D eigenvalue weighted by Gasteiger charge is -2.33. The molecule has 1 aliphatic heterocycles. The molecule has 0 bridgehead atoms. The molecule has 114 valence electrons. The third-order valence-corrected chi connectivity index (χ3v) is 4.00. The number of nitrogens with zero attached hydrogens (tertiary/aromatic N) is 2. The lowest BCUT2D eigenvalue weighted by Crippen LogP contribution is -2.55. The maximum absolute atomic E-state index is 12.5. The van der Waals surface area contributed by atoms with Crippen molar-refractivity contribution in [2.45, 2.75) is 26.8 Å². The molecule has 1 saturated heterocycles. The van der Waals surface area contributed by atoms with Crippen molar-refractivity contribution in [3.8, 4) is 0 Å². The van der Waals surface area contributed by atoms with Gasteiger partial charge in [0.15, 0.2) is 0 Å². The van der Waals surface area contributed by atoms with E-state index in [1.165, 1.54) is 0 Å². The van der Waals surface area contributed by atoms with Gasteiger partial charge in [-0.2, -0.15) is 0 Å². The highest BCUT2D eigenvalue weighted by molar-refractivity contribution is 5.98. The molecule has 1 aliphatic rings. The van der Waals surface area contributed by atoms with Gasteiger partial charge >= 0.3 is 0 Å². The predicted octanol–water partition coefficient (Wildman–Crippen LogP) is 1.49. The van der Waals surface area contributed by atoms with Crippen molar-refractivity contribution in [2.24, 2.45) is 0 Å². The Kier molecular flexibility index (Phi) is 4.83. The van der Waals surface area contributed by atoms with Gasteiger partial charge in [-0.1, -0.05) is 0 Å². The molecule has 1 N–H and O–H groups in total. The number of amides is 2. The maximum atomic E-state index is 12.5. The second-order valence-corrected chi connectivity index (χ2v) is 5.18. The second-order valence-electron chi connectivity index (χ2n) is 5.18. The fourth-order valence-electron chi connectivity index (χ4n) is 2.63. The third kappa shape index (κ3) is 3.17. The molecular weight excluding hydrogens is 266 g/mol. The van der Waals surface area contributed by atoms with E-state index >= 15 is 0 Å². The van der Waals surface area contributed by atoms with Gasteiger partial charge in [0, 0.05) is 37.4 Å². The minimum Gasteiger partial charge on any atom is -0.372 e. The van der Waals surface area contributed by atoms with Crippen LogP contribution in [0.3, 0.4) is 0 Å². The highest BCUT2D eigenvalue weighted by atomic mass is 16.2. The van der Waals surface area contributed by atoms with Crippen molar-refractivity contribution in [3.05, 3.63) is 29.8 Å². The van der Waals surface area contributed by atoms with E-state index in [9.17, 15) is 9.59 Å². The first-order valence-corrected chi connectivity index (χ1v) is 7.52. The average Bonchev–Trinajstić information content (AvgIpc) is 2.51. The van der Waals surface area contributed by atoms with Crippen molar-refractivity contribution in [1.29, 1.82) is 0 Å². The molecule has 0 saturated carbocycles. The summed E-state index contributed by atoms with van der Waals surface area (Å²) >= 11 is 0. The summed E-state index contributed by atoms with van der Waals surface area (Å²) in [5.41, 5.74) is 1.74. The third-order valence-electron chi connectivity index (χ3n) is 4.00. The van der Waals surface area contributed by atoms with Crippen LogP contribution in [0.25, 0.3) is 0 Å². The zero-order valence-corrected chi connectivity index (χ0v) is 12.9. The fourth-order valence-corrected chi connectivity index (χ4v) is 2.63. The fraction of sp³-hybridized carbons (Fsp3) is 0.500. The number of carbonyl (C=O) groups is 2. The lowest BCUT2D eigenvalue weighted by molar-refractivity contribution is -0.127. The largest absolute Gasteiger partial charge is 0.372 e. The van der Waals surface area contributed by atoms with Crippen molar-refractivity contribution in [2.75, 3.05) is 31.1 Å². The number of carbonyl (C=O) groups excluding carboxylic acids is 2. The molecule has 5 heteroatoms. The van der Waals surface area contributed by atoms with Crippen LogP contribution >= 0.6 is 0 Å². The van der Waals surface area contributed by atoms with Gasteiger partial charge in [0.2, 0.25) is 5.91 Å². The predicted molar refractivity (Wildman–Crippen MR) is 83.5 cm³/mol. The molecule has 1 aromatic rings. The molecule has 21 heavy (non-hydrogen) atoms. The van der Waals surface area contributed by atoms with Gasteiger partial charge in [0.25, 0.3) is 5.91 Å². The molecule has 1 fully saturated rings. The summed E-state index contributed by atoms with van der Waals surface area (Å²) in [4.78, 5) is 28.0. The van der Waals surface area contributed by atoms with Gasteiger partial charge < -0.3 is 15.1 Å². The van der Waals surface area contributed by atoms with Gasteiger partial charge in [-0.05, 0) is 45.0 Å². The van der Waals surface area contributed by atoms with Gasteiger partial charge in [-0.25, -0.2) is 0 Å². The number of anilines is 1. The van der Waals surface area contributed by atoms with Crippen molar-refractivity contribution in [3.63, 3.8) is 0 Å². The first-order chi connectivity index (χ1) is 10.1. The van der Waals surface area contributed by atoms with E-state index in [1.54, 1.807) is 11.8 Å². The molecule has 1 heterocycles. The van der Waals surface area contributed by atoms with Gasteiger partial charge in [0.05, 0.1) is 0 Å². The molecule has 1 unspecified atom stereocenters. The first kappa shape index (κ1) is 15.4. The zero-order valence-electron chi connectivity index (χ0n) is 12.9. The Labute approximate surface area is 125 Å². The van der Waals surface area contributed by atoms with Crippen LogP contribution in [0.1, 0.15) is 31.1 Å². The minimum atomic E-state index is -0.409. The number of piperazine rings is 1. The van der Waals surface area contributed by atoms with E-state index in [2.05, 4.69) is 24.1 Å². The summed E-state index contributed by atoms with van der Waals surface area (Å²) in [5.74, 6) is -0.169. The Morgan fingerprint density at radius 3 is 2.48 bits per heavy atom. The molecule has 0 aromatic heterocycles. The average molecular weight is 289 g/mol. The highest BCUT2D eigenvalue weighted by Crippen LogP contribution is 2.17. The lowest BCUT2D eigenvalue weighted by atomic mass is 10.1. The summed E-state index contributed by atoms with van der Waals surface area (Å²) in [6, 6.07) is 7.21. The molecule has 2 amide bonds. The molecule has 5 nitrogen and oxygen atoms in total. The van der Waals surface area contributed by atoms with Crippen LogP contribution in [0.15, 0.2) is 24.3 Å². The minimum absolute atomic E-state index is 0.0801. The zero-order chi connectivity index (χ0) is 15.4. The summed E-state index contributed by atoms with van der Waals surface area (Å²) < 4.78 is 0. The van der Waals surface area contributed by atoms with Crippen LogP contribution < -0.4 is 10.2 Å². The number of hydrogen-bond acceptors (Lipinski definition) is 3. The number of hydrogen-bond donors (Lipinski definition) is 1. The Bertz CT molecular complexity index is 509. The normalized spacial score (nSPS) is 18.3. The van der Waals surface area contributed by atoms with E-state index in [0.717, 1.165) is 18.8 Å². The van der Waals surface area contributed by atoms with Crippen LogP contribution in [-0.4, -0.2) is 48.9 Å². The van der Waals surface area contributed by atoms with Gasteiger partial charge in [-0.15, -0.1) is 0 Å². The van der Waals surface area contributed by atoms with Crippen LogP contribution in [0.5, 0.6) is 0 Å². The Morgan fingerprint density at radius 2 is 1.90 bits per heavy atom. The van der Waals surface area contributed by atoms with Crippen molar-refractivity contribution in [1.82, 2.24) is 10.2 Å². The van der Waals surface area contributed by atoms with E-state index in [4.69, 9.17) is 0 Å².